The van der Waals surface area contributed by atoms with Crippen molar-refractivity contribution < 1.29 is 9.59 Å². The SMILES string of the molecule is CCC1NC(=O)CN(C(C)Cc2ccc(C)s2)C1=O. The highest BCUT2D eigenvalue weighted by molar-refractivity contribution is 7.11. The lowest BCUT2D eigenvalue weighted by atomic mass is 10.1. The fraction of sp³-hybridized carbons (Fsp3) is 0.571. The molecule has 0 spiro atoms. The van der Waals surface area contributed by atoms with Crippen LogP contribution in [0.1, 0.15) is 30.0 Å². The van der Waals surface area contributed by atoms with E-state index >= 15 is 0 Å². The zero-order chi connectivity index (χ0) is 14.0. The van der Waals surface area contributed by atoms with E-state index in [2.05, 4.69) is 24.4 Å². The van der Waals surface area contributed by atoms with Gasteiger partial charge in [0.1, 0.15) is 6.04 Å². The highest BCUT2D eigenvalue weighted by atomic mass is 32.1. The average Bonchev–Trinajstić information content (AvgIpc) is 2.77. The number of aryl methyl sites for hydroxylation is 1. The number of amides is 2. The second-order valence-corrected chi connectivity index (χ2v) is 6.43. The minimum Gasteiger partial charge on any atom is -0.343 e. The first-order valence-corrected chi connectivity index (χ1v) is 7.48. The molecule has 1 fully saturated rings. The molecule has 1 aliphatic rings. The lowest BCUT2D eigenvalue weighted by Gasteiger charge is -2.36. The Balaban J connectivity index is 2.06. The summed E-state index contributed by atoms with van der Waals surface area (Å²) in [7, 11) is 0. The van der Waals surface area contributed by atoms with Crippen LogP contribution in [0.5, 0.6) is 0 Å². The summed E-state index contributed by atoms with van der Waals surface area (Å²) >= 11 is 1.75. The number of carbonyl (C=O) groups excluding carboxylic acids is 2. The Labute approximate surface area is 117 Å². The molecular weight excluding hydrogens is 260 g/mol. The predicted molar refractivity (Wildman–Crippen MR) is 76.2 cm³/mol. The number of piperazine rings is 1. The van der Waals surface area contributed by atoms with E-state index in [-0.39, 0.29) is 30.4 Å². The van der Waals surface area contributed by atoms with Crippen LogP contribution in [-0.2, 0) is 16.0 Å². The number of thiophene rings is 1. The van der Waals surface area contributed by atoms with Gasteiger partial charge in [-0.2, -0.15) is 0 Å². The zero-order valence-electron chi connectivity index (χ0n) is 11.6. The van der Waals surface area contributed by atoms with E-state index < -0.39 is 0 Å². The highest BCUT2D eigenvalue weighted by Crippen LogP contribution is 2.20. The Morgan fingerprint density at radius 2 is 2.21 bits per heavy atom. The van der Waals surface area contributed by atoms with Crippen molar-refractivity contribution in [1.82, 2.24) is 10.2 Å². The van der Waals surface area contributed by atoms with Crippen molar-refractivity contribution in [3.8, 4) is 0 Å². The molecule has 1 aliphatic heterocycles. The Hall–Kier alpha value is -1.36. The Morgan fingerprint density at radius 1 is 1.47 bits per heavy atom. The summed E-state index contributed by atoms with van der Waals surface area (Å²) in [5, 5.41) is 2.74. The number of nitrogens with zero attached hydrogens (tertiary/aromatic N) is 1. The Morgan fingerprint density at radius 3 is 2.79 bits per heavy atom. The molecule has 0 aliphatic carbocycles. The molecule has 4 nitrogen and oxygen atoms in total. The second kappa shape index (κ2) is 5.74. The number of carbonyl (C=O) groups is 2. The van der Waals surface area contributed by atoms with Crippen LogP contribution in [0.15, 0.2) is 12.1 Å². The van der Waals surface area contributed by atoms with Crippen LogP contribution in [0.2, 0.25) is 0 Å². The van der Waals surface area contributed by atoms with Gasteiger partial charge in [0.2, 0.25) is 11.8 Å². The predicted octanol–water partition coefficient (Wildman–Crippen LogP) is 1.72. The lowest BCUT2D eigenvalue weighted by molar-refractivity contribution is -0.146. The van der Waals surface area contributed by atoms with Gasteiger partial charge in [-0.1, -0.05) is 6.92 Å². The van der Waals surface area contributed by atoms with Crippen LogP contribution in [0.4, 0.5) is 0 Å². The van der Waals surface area contributed by atoms with Gasteiger partial charge in [-0.15, -0.1) is 11.3 Å². The van der Waals surface area contributed by atoms with Gasteiger partial charge in [-0.3, -0.25) is 9.59 Å². The summed E-state index contributed by atoms with van der Waals surface area (Å²) in [6.45, 7) is 6.18. The molecule has 2 rings (SSSR count). The molecule has 2 unspecified atom stereocenters. The molecule has 19 heavy (non-hydrogen) atoms. The summed E-state index contributed by atoms with van der Waals surface area (Å²) < 4.78 is 0. The van der Waals surface area contributed by atoms with Crippen LogP contribution < -0.4 is 5.32 Å². The van der Waals surface area contributed by atoms with Crippen molar-refractivity contribution in [2.45, 2.75) is 45.7 Å². The largest absolute Gasteiger partial charge is 0.343 e. The van der Waals surface area contributed by atoms with Gasteiger partial charge in [0.05, 0.1) is 6.54 Å². The number of hydrogen-bond acceptors (Lipinski definition) is 3. The third-order valence-electron chi connectivity index (χ3n) is 3.46. The van der Waals surface area contributed by atoms with Crippen LogP contribution in [0.3, 0.4) is 0 Å². The van der Waals surface area contributed by atoms with E-state index in [1.807, 2.05) is 13.8 Å². The topological polar surface area (TPSA) is 49.4 Å². The third kappa shape index (κ3) is 3.15. The molecule has 1 aromatic rings. The van der Waals surface area contributed by atoms with Crippen molar-refractivity contribution in [2.75, 3.05) is 6.54 Å². The van der Waals surface area contributed by atoms with E-state index in [0.29, 0.717) is 6.42 Å². The van der Waals surface area contributed by atoms with Crippen LogP contribution >= 0.6 is 11.3 Å². The summed E-state index contributed by atoms with van der Waals surface area (Å²) in [6, 6.07) is 3.90. The molecule has 1 saturated heterocycles. The van der Waals surface area contributed by atoms with Crippen molar-refractivity contribution in [2.24, 2.45) is 0 Å². The van der Waals surface area contributed by atoms with Crippen molar-refractivity contribution in [1.29, 1.82) is 0 Å². The number of hydrogen-bond donors (Lipinski definition) is 1. The fourth-order valence-corrected chi connectivity index (χ4v) is 3.39. The molecule has 0 aromatic carbocycles. The first kappa shape index (κ1) is 14.1. The van der Waals surface area contributed by atoms with Gasteiger partial charge >= 0.3 is 0 Å². The van der Waals surface area contributed by atoms with Gasteiger partial charge in [-0.05, 0) is 32.4 Å². The van der Waals surface area contributed by atoms with Crippen molar-refractivity contribution in [3.63, 3.8) is 0 Å². The standard InChI is InChI=1S/C14H20N2O2S/c1-4-12-14(18)16(8-13(17)15-12)9(2)7-11-6-5-10(3)19-11/h5-6,9,12H,4,7-8H2,1-3H3,(H,15,17). The maximum absolute atomic E-state index is 12.3. The molecule has 0 saturated carbocycles. The van der Waals surface area contributed by atoms with E-state index in [9.17, 15) is 9.59 Å². The second-order valence-electron chi connectivity index (χ2n) is 5.06. The highest BCUT2D eigenvalue weighted by Gasteiger charge is 2.34. The maximum Gasteiger partial charge on any atom is 0.245 e. The van der Waals surface area contributed by atoms with Gasteiger partial charge < -0.3 is 10.2 Å². The monoisotopic (exact) mass is 280 g/mol. The molecule has 1 aromatic heterocycles. The third-order valence-corrected chi connectivity index (χ3v) is 4.49. The summed E-state index contributed by atoms with van der Waals surface area (Å²) in [5.41, 5.74) is 0. The van der Waals surface area contributed by atoms with Gasteiger partial charge in [-0.25, -0.2) is 0 Å². The molecular formula is C14H20N2O2S. The van der Waals surface area contributed by atoms with Gasteiger partial charge in [0.15, 0.2) is 0 Å². The Kier molecular flexibility index (Phi) is 4.24. The fourth-order valence-electron chi connectivity index (χ4n) is 2.38. The first-order valence-electron chi connectivity index (χ1n) is 6.66. The van der Waals surface area contributed by atoms with E-state index in [0.717, 1.165) is 6.42 Å². The van der Waals surface area contributed by atoms with Gasteiger partial charge in [0.25, 0.3) is 0 Å². The summed E-state index contributed by atoms with van der Waals surface area (Å²) in [6.07, 6.45) is 1.46. The quantitative estimate of drug-likeness (QED) is 0.913. The smallest absolute Gasteiger partial charge is 0.245 e. The van der Waals surface area contributed by atoms with E-state index in [1.165, 1.54) is 9.75 Å². The first-order chi connectivity index (χ1) is 9.01. The van der Waals surface area contributed by atoms with E-state index in [4.69, 9.17) is 0 Å². The molecule has 2 heterocycles. The molecule has 0 bridgehead atoms. The zero-order valence-corrected chi connectivity index (χ0v) is 12.4. The Bertz CT molecular complexity index is 484. The average molecular weight is 280 g/mol. The van der Waals surface area contributed by atoms with Crippen LogP contribution in [-0.4, -0.2) is 35.3 Å². The van der Waals surface area contributed by atoms with E-state index in [1.54, 1.807) is 16.2 Å². The number of nitrogens with one attached hydrogen (secondary N) is 1. The molecule has 2 atom stereocenters. The minimum absolute atomic E-state index is 0.0443. The maximum atomic E-state index is 12.3. The molecule has 0 radical (unpaired) electrons. The summed E-state index contributed by atoms with van der Waals surface area (Å²) in [4.78, 5) is 28.1. The molecule has 5 heteroatoms. The van der Waals surface area contributed by atoms with Gasteiger partial charge in [0, 0.05) is 22.2 Å². The molecule has 2 amide bonds. The molecule has 1 N–H and O–H groups in total. The minimum atomic E-state index is -0.353. The molecule has 104 valence electrons. The normalized spacial score (nSPS) is 21.4. The van der Waals surface area contributed by atoms with Crippen molar-refractivity contribution >= 4 is 23.2 Å². The summed E-state index contributed by atoms with van der Waals surface area (Å²) in [5.74, 6) is -0.0106. The van der Waals surface area contributed by atoms with Crippen molar-refractivity contribution in [3.05, 3.63) is 21.9 Å². The van der Waals surface area contributed by atoms with Crippen LogP contribution in [0, 0.1) is 6.92 Å². The number of rotatable bonds is 4. The lowest BCUT2D eigenvalue weighted by Crippen LogP contribution is -2.60. The van der Waals surface area contributed by atoms with Crippen LogP contribution in [0.25, 0.3) is 0 Å².